The molecule has 20 heavy (non-hydrogen) atoms. The van der Waals surface area contributed by atoms with Gasteiger partial charge in [-0.15, -0.1) is 0 Å². The van der Waals surface area contributed by atoms with Crippen LogP contribution in [0.2, 0.25) is 0 Å². The second kappa shape index (κ2) is 5.78. The van der Waals surface area contributed by atoms with Gasteiger partial charge in [-0.25, -0.2) is 14.6 Å². The van der Waals surface area contributed by atoms with Crippen molar-refractivity contribution in [1.82, 2.24) is 19.7 Å². The molecular weight excluding hydrogens is 322 g/mol. The Hall–Kier alpha value is -1.63. The second-order valence-corrected chi connectivity index (χ2v) is 5.33. The number of methoxy groups -OCH3 is 1. The van der Waals surface area contributed by atoms with Crippen molar-refractivity contribution in [3.8, 4) is 17.3 Å². The van der Waals surface area contributed by atoms with Crippen LogP contribution in [0.1, 0.15) is 24.7 Å². The summed E-state index contributed by atoms with van der Waals surface area (Å²) < 4.78 is 7.83. The maximum atomic E-state index is 5.97. The van der Waals surface area contributed by atoms with E-state index in [-0.39, 0.29) is 0 Å². The molecule has 0 aliphatic heterocycles. The molecule has 0 saturated carbocycles. The first-order chi connectivity index (χ1) is 9.49. The average molecular weight is 340 g/mol. The Morgan fingerprint density at radius 1 is 1.35 bits per heavy atom. The Kier molecular flexibility index (Phi) is 4.27. The molecule has 108 valence electrons. The highest BCUT2D eigenvalue weighted by Crippen LogP contribution is 2.33. The van der Waals surface area contributed by atoms with Crippen molar-refractivity contribution in [3.05, 3.63) is 15.9 Å². The highest BCUT2D eigenvalue weighted by Gasteiger charge is 2.20. The second-order valence-electron chi connectivity index (χ2n) is 4.54. The van der Waals surface area contributed by atoms with E-state index in [1.807, 2.05) is 14.0 Å². The lowest BCUT2D eigenvalue weighted by atomic mass is 10.2. The fourth-order valence-electron chi connectivity index (χ4n) is 2.16. The lowest BCUT2D eigenvalue weighted by molar-refractivity contribution is 0.374. The van der Waals surface area contributed by atoms with Gasteiger partial charge in [0.2, 0.25) is 5.88 Å². The molecule has 2 N–H and O–H groups in total. The fourth-order valence-corrected chi connectivity index (χ4v) is 2.53. The van der Waals surface area contributed by atoms with Crippen molar-refractivity contribution in [2.45, 2.75) is 26.7 Å². The number of ether oxygens (including phenoxy) is 1. The van der Waals surface area contributed by atoms with Crippen LogP contribution in [0.15, 0.2) is 4.47 Å². The first-order valence-corrected chi connectivity index (χ1v) is 7.18. The Bertz CT molecular complexity index is 638. The summed E-state index contributed by atoms with van der Waals surface area (Å²) >= 11 is 3.45. The fraction of sp³-hybridized carbons (Fsp3) is 0.462. The minimum absolute atomic E-state index is 0.434. The van der Waals surface area contributed by atoms with Gasteiger partial charge in [-0.2, -0.15) is 5.10 Å². The summed E-state index contributed by atoms with van der Waals surface area (Å²) in [5.74, 6) is 1.62. The molecule has 0 radical (unpaired) electrons. The number of hydrogen-bond donors (Lipinski definition) is 1. The van der Waals surface area contributed by atoms with E-state index in [2.05, 4.69) is 37.9 Å². The normalized spacial score (nSPS) is 10.8. The summed E-state index contributed by atoms with van der Waals surface area (Å²) in [5.41, 5.74) is 8.47. The summed E-state index contributed by atoms with van der Waals surface area (Å²) in [4.78, 5) is 8.96. The van der Waals surface area contributed by atoms with Crippen LogP contribution in [0, 0.1) is 6.92 Å². The zero-order valence-electron chi connectivity index (χ0n) is 12.1. The lowest BCUT2D eigenvalue weighted by Crippen LogP contribution is -2.04. The smallest absolute Gasteiger partial charge is 0.222 e. The highest BCUT2D eigenvalue weighted by atomic mass is 79.9. The molecular formula is C13H18BrN5O. The molecule has 0 aromatic carbocycles. The maximum Gasteiger partial charge on any atom is 0.222 e. The zero-order valence-corrected chi connectivity index (χ0v) is 13.7. The van der Waals surface area contributed by atoms with Crippen LogP contribution < -0.4 is 10.5 Å². The highest BCUT2D eigenvalue weighted by molar-refractivity contribution is 9.10. The van der Waals surface area contributed by atoms with Crippen molar-refractivity contribution < 1.29 is 4.74 Å². The first kappa shape index (κ1) is 14.8. The van der Waals surface area contributed by atoms with Gasteiger partial charge in [0, 0.05) is 7.05 Å². The third kappa shape index (κ3) is 2.49. The van der Waals surface area contributed by atoms with Gasteiger partial charge in [-0.3, -0.25) is 0 Å². The van der Waals surface area contributed by atoms with E-state index in [0.717, 1.165) is 34.3 Å². The quantitative estimate of drug-likeness (QED) is 0.925. The largest absolute Gasteiger partial charge is 0.481 e. The zero-order chi connectivity index (χ0) is 14.9. The molecule has 0 saturated heterocycles. The van der Waals surface area contributed by atoms with Crippen molar-refractivity contribution in [3.63, 3.8) is 0 Å². The molecule has 0 aliphatic rings. The van der Waals surface area contributed by atoms with Gasteiger partial charge in [-0.05, 0) is 29.3 Å². The summed E-state index contributed by atoms with van der Waals surface area (Å²) in [5, 5.41) is 4.35. The molecule has 2 aromatic heterocycles. The molecule has 0 fully saturated rings. The van der Waals surface area contributed by atoms with Crippen LogP contribution >= 0.6 is 15.9 Å². The number of rotatable bonds is 4. The Morgan fingerprint density at radius 2 is 2.05 bits per heavy atom. The predicted molar refractivity (Wildman–Crippen MR) is 81.6 cm³/mol. The van der Waals surface area contributed by atoms with Gasteiger partial charge >= 0.3 is 0 Å². The summed E-state index contributed by atoms with van der Waals surface area (Å²) in [6, 6.07) is 0. The van der Waals surface area contributed by atoms with Crippen LogP contribution in [-0.2, 0) is 13.5 Å². The van der Waals surface area contributed by atoms with Crippen LogP contribution in [0.25, 0.3) is 11.4 Å². The topological polar surface area (TPSA) is 78.8 Å². The predicted octanol–water partition coefficient (Wildman–Crippen LogP) is 2.49. The summed E-state index contributed by atoms with van der Waals surface area (Å²) in [6.45, 7) is 4.00. The summed E-state index contributed by atoms with van der Waals surface area (Å²) in [6.07, 6.45) is 1.82. The molecule has 2 rings (SSSR count). The number of aryl methyl sites for hydroxylation is 3. The van der Waals surface area contributed by atoms with Gasteiger partial charge < -0.3 is 10.5 Å². The minimum Gasteiger partial charge on any atom is -0.481 e. The number of aromatic nitrogens is 4. The SMILES string of the molecule is CCCc1nc(-c2c(C)nn(C)c2OC)nc(N)c1Br. The van der Waals surface area contributed by atoms with Crippen molar-refractivity contribution >= 4 is 21.7 Å². The number of nitrogens with two attached hydrogens (primary N) is 1. The first-order valence-electron chi connectivity index (χ1n) is 6.39. The van der Waals surface area contributed by atoms with Crippen LogP contribution in [-0.4, -0.2) is 26.9 Å². The van der Waals surface area contributed by atoms with E-state index in [0.29, 0.717) is 17.5 Å². The molecule has 0 bridgehead atoms. The Morgan fingerprint density at radius 3 is 2.65 bits per heavy atom. The van der Waals surface area contributed by atoms with Crippen molar-refractivity contribution in [2.24, 2.45) is 7.05 Å². The molecule has 0 aliphatic carbocycles. The average Bonchev–Trinajstić information content (AvgIpc) is 2.69. The van der Waals surface area contributed by atoms with Crippen LogP contribution in [0.5, 0.6) is 5.88 Å². The third-order valence-corrected chi connectivity index (χ3v) is 3.88. The number of anilines is 1. The van der Waals surface area contributed by atoms with Gasteiger partial charge in [0.05, 0.1) is 23.0 Å². The molecule has 2 aromatic rings. The van der Waals surface area contributed by atoms with E-state index in [9.17, 15) is 0 Å². The maximum absolute atomic E-state index is 5.97. The Balaban J connectivity index is 2.64. The summed E-state index contributed by atoms with van der Waals surface area (Å²) in [7, 11) is 3.43. The van der Waals surface area contributed by atoms with E-state index in [1.54, 1.807) is 11.8 Å². The molecule has 0 unspecified atom stereocenters. The van der Waals surface area contributed by atoms with Crippen LogP contribution in [0.3, 0.4) is 0 Å². The molecule has 0 amide bonds. The number of hydrogen-bond acceptors (Lipinski definition) is 5. The van der Waals surface area contributed by atoms with E-state index >= 15 is 0 Å². The molecule has 0 spiro atoms. The van der Waals surface area contributed by atoms with E-state index < -0.39 is 0 Å². The Labute approximate surface area is 126 Å². The third-order valence-electron chi connectivity index (χ3n) is 3.02. The van der Waals surface area contributed by atoms with Crippen molar-refractivity contribution in [2.75, 3.05) is 12.8 Å². The van der Waals surface area contributed by atoms with Gasteiger partial charge in [0.25, 0.3) is 0 Å². The van der Waals surface area contributed by atoms with Crippen LogP contribution in [0.4, 0.5) is 5.82 Å². The lowest BCUT2D eigenvalue weighted by Gasteiger charge is -2.09. The van der Waals surface area contributed by atoms with E-state index in [4.69, 9.17) is 10.5 Å². The van der Waals surface area contributed by atoms with Crippen molar-refractivity contribution in [1.29, 1.82) is 0 Å². The standard InChI is InChI=1S/C13H18BrN5O/c1-5-6-8-10(14)11(15)17-12(16-8)9-7(2)18-19(3)13(9)20-4/h5-6H2,1-4H3,(H2,15,16,17). The van der Waals surface area contributed by atoms with Gasteiger partial charge in [-0.1, -0.05) is 13.3 Å². The molecule has 0 atom stereocenters. The molecule has 7 heteroatoms. The number of nitrogen functional groups attached to an aromatic ring is 1. The van der Waals surface area contributed by atoms with Gasteiger partial charge in [0.15, 0.2) is 5.82 Å². The van der Waals surface area contributed by atoms with Gasteiger partial charge in [0.1, 0.15) is 11.4 Å². The number of halogens is 1. The monoisotopic (exact) mass is 339 g/mol. The van der Waals surface area contributed by atoms with E-state index in [1.165, 1.54) is 0 Å². The minimum atomic E-state index is 0.434. The number of nitrogens with zero attached hydrogens (tertiary/aromatic N) is 4. The molecule has 6 nitrogen and oxygen atoms in total. The molecule has 2 heterocycles.